The van der Waals surface area contributed by atoms with Crippen LogP contribution in [0.25, 0.3) is 20.7 Å². The summed E-state index contributed by atoms with van der Waals surface area (Å²) in [7, 11) is 0. The number of thiazole rings is 1. The lowest BCUT2D eigenvalue weighted by molar-refractivity contribution is 0.851. The highest BCUT2D eigenvalue weighted by molar-refractivity contribution is 7.16. The number of benzene rings is 1. The van der Waals surface area contributed by atoms with E-state index in [1.165, 1.54) is 21.0 Å². The van der Waals surface area contributed by atoms with Gasteiger partial charge in [-0.25, -0.2) is 19.9 Å². The summed E-state index contributed by atoms with van der Waals surface area (Å²) in [4.78, 5) is 27.4. The quantitative estimate of drug-likeness (QED) is 0.335. The Bertz CT molecular complexity index is 1450. The molecule has 0 aliphatic carbocycles. The molecule has 1 N–H and O–H groups in total. The first kappa shape index (κ1) is 21.1. The van der Waals surface area contributed by atoms with Gasteiger partial charge in [0.25, 0.3) is 0 Å². The van der Waals surface area contributed by atoms with E-state index in [1.54, 1.807) is 29.0 Å². The molecular formula is C25H23N7S2. The Labute approximate surface area is 205 Å². The molecule has 0 atom stereocenters. The zero-order valence-electron chi connectivity index (χ0n) is 18.9. The van der Waals surface area contributed by atoms with Crippen LogP contribution >= 0.6 is 22.7 Å². The first-order valence-electron chi connectivity index (χ1n) is 11.3. The van der Waals surface area contributed by atoms with Gasteiger partial charge in [-0.3, -0.25) is 0 Å². The van der Waals surface area contributed by atoms with Crippen molar-refractivity contribution >= 4 is 44.7 Å². The van der Waals surface area contributed by atoms with Crippen molar-refractivity contribution in [3.8, 4) is 10.4 Å². The van der Waals surface area contributed by atoms with Gasteiger partial charge in [-0.1, -0.05) is 31.2 Å². The highest BCUT2D eigenvalue weighted by Crippen LogP contribution is 2.34. The average molecular weight is 486 g/mol. The molecule has 1 aromatic carbocycles. The molecule has 5 aromatic rings. The first-order chi connectivity index (χ1) is 16.7. The Morgan fingerprint density at radius 3 is 2.74 bits per heavy atom. The number of nitrogens with one attached hydrogen (secondary N) is 1. The number of rotatable bonds is 6. The SMILES string of the molecule is CCc1nc(C)c(-c2ccc(CNc3nc(N4Cc5cncnc5C4)c4ccsc4n3)cc2)s1. The summed E-state index contributed by atoms with van der Waals surface area (Å²) < 4.78 is 0. The molecule has 0 saturated heterocycles. The maximum Gasteiger partial charge on any atom is 0.226 e. The molecule has 0 unspecified atom stereocenters. The average Bonchev–Trinajstić information content (AvgIpc) is 3.60. The molecule has 170 valence electrons. The van der Waals surface area contributed by atoms with Gasteiger partial charge in [0.1, 0.15) is 17.0 Å². The summed E-state index contributed by atoms with van der Waals surface area (Å²) in [6, 6.07) is 10.8. The Kier molecular flexibility index (Phi) is 5.43. The van der Waals surface area contributed by atoms with E-state index in [2.05, 4.69) is 74.7 Å². The van der Waals surface area contributed by atoms with Crippen molar-refractivity contribution in [2.24, 2.45) is 0 Å². The highest BCUT2D eigenvalue weighted by Gasteiger charge is 2.24. The van der Waals surface area contributed by atoms with Crippen LogP contribution in [0.5, 0.6) is 0 Å². The fourth-order valence-electron chi connectivity index (χ4n) is 4.24. The molecule has 7 nitrogen and oxygen atoms in total. The standard InChI is InChI=1S/C25H23N7S2/c1-3-21-29-15(2)22(34-21)17-6-4-16(5-7-17)10-27-25-30-23(19-8-9-33-24(19)31-25)32-12-18-11-26-14-28-20(18)13-32/h4-9,11,14H,3,10,12-13H2,1-2H3,(H,27,30,31). The first-order valence-corrected chi connectivity index (χ1v) is 12.9. The Balaban J connectivity index is 1.21. The second kappa shape index (κ2) is 8.73. The summed E-state index contributed by atoms with van der Waals surface area (Å²) in [6.07, 6.45) is 4.48. The fraction of sp³-hybridized carbons (Fsp3) is 0.240. The molecule has 6 rings (SSSR count). The van der Waals surface area contributed by atoms with E-state index < -0.39 is 0 Å². The molecule has 0 spiro atoms. The second-order valence-corrected chi connectivity index (χ2v) is 10.3. The molecule has 0 fully saturated rings. The monoisotopic (exact) mass is 485 g/mol. The largest absolute Gasteiger partial charge is 0.350 e. The Morgan fingerprint density at radius 1 is 1.06 bits per heavy atom. The minimum absolute atomic E-state index is 0.641. The molecule has 34 heavy (non-hydrogen) atoms. The highest BCUT2D eigenvalue weighted by atomic mass is 32.1. The number of nitrogens with zero attached hydrogens (tertiary/aromatic N) is 6. The van der Waals surface area contributed by atoms with Crippen molar-refractivity contribution in [1.82, 2.24) is 24.9 Å². The summed E-state index contributed by atoms with van der Waals surface area (Å²) in [5.74, 6) is 1.58. The summed E-state index contributed by atoms with van der Waals surface area (Å²) in [6.45, 7) is 6.38. The Hall–Kier alpha value is -3.43. The van der Waals surface area contributed by atoms with Crippen LogP contribution in [0.3, 0.4) is 0 Å². The number of hydrogen-bond donors (Lipinski definition) is 1. The van der Waals surface area contributed by atoms with Gasteiger partial charge in [0.05, 0.1) is 33.2 Å². The van der Waals surface area contributed by atoms with Crippen molar-refractivity contribution < 1.29 is 0 Å². The van der Waals surface area contributed by atoms with E-state index in [0.717, 1.165) is 52.5 Å². The van der Waals surface area contributed by atoms with Gasteiger partial charge in [-0.15, -0.1) is 22.7 Å². The number of thiophene rings is 1. The van der Waals surface area contributed by atoms with Gasteiger partial charge in [0, 0.05) is 24.8 Å². The van der Waals surface area contributed by atoms with E-state index in [9.17, 15) is 0 Å². The summed E-state index contributed by atoms with van der Waals surface area (Å²) in [5.41, 5.74) is 5.72. The number of aromatic nitrogens is 5. The molecule has 0 bridgehead atoms. The topological polar surface area (TPSA) is 79.7 Å². The van der Waals surface area contributed by atoms with Gasteiger partial charge >= 0.3 is 0 Å². The van der Waals surface area contributed by atoms with Gasteiger partial charge < -0.3 is 10.2 Å². The number of fused-ring (bicyclic) bond motifs is 2. The van der Waals surface area contributed by atoms with Gasteiger partial charge in [0.2, 0.25) is 5.95 Å². The van der Waals surface area contributed by atoms with Crippen LogP contribution in [0, 0.1) is 6.92 Å². The predicted octanol–water partition coefficient (Wildman–Crippen LogP) is 5.61. The van der Waals surface area contributed by atoms with Crippen molar-refractivity contribution in [3.63, 3.8) is 0 Å². The molecule has 1 aliphatic heterocycles. The molecule has 4 aromatic heterocycles. The summed E-state index contributed by atoms with van der Waals surface area (Å²) in [5, 5.41) is 7.76. The zero-order chi connectivity index (χ0) is 23.1. The lowest BCUT2D eigenvalue weighted by Gasteiger charge is -2.18. The zero-order valence-corrected chi connectivity index (χ0v) is 20.6. The van der Waals surface area contributed by atoms with Crippen molar-refractivity contribution in [2.75, 3.05) is 10.2 Å². The predicted molar refractivity (Wildman–Crippen MR) is 138 cm³/mol. The number of aryl methyl sites for hydroxylation is 2. The third-order valence-electron chi connectivity index (χ3n) is 6.00. The van der Waals surface area contributed by atoms with Crippen LogP contribution in [-0.4, -0.2) is 24.9 Å². The van der Waals surface area contributed by atoms with E-state index in [1.807, 2.05) is 6.20 Å². The molecule has 0 amide bonds. The lowest BCUT2D eigenvalue weighted by Crippen LogP contribution is -2.17. The van der Waals surface area contributed by atoms with Crippen LogP contribution in [-0.2, 0) is 26.1 Å². The van der Waals surface area contributed by atoms with Crippen LogP contribution in [0.1, 0.15) is 34.4 Å². The van der Waals surface area contributed by atoms with Crippen molar-refractivity contribution in [1.29, 1.82) is 0 Å². The second-order valence-electron chi connectivity index (χ2n) is 8.29. The van der Waals surface area contributed by atoms with Crippen LogP contribution in [0.2, 0.25) is 0 Å². The molecular weight excluding hydrogens is 462 g/mol. The van der Waals surface area contributed by atoms with Crippen LogP contribution in [0.4, 0.5) is 11.8 Å². The smallest absolute Gasteiger partial charge is 0.226 e. The van der Waals surface area contributed by atoms with Crippen molar-refractivity contribution in [2.45, 2.75) is 39.9 Å². The minimum atomic E-state index is 0.641. The van der Waals surface area contributed by atoms with E-state index >= 15 is 0 Å². The van der Waals surface area contributed by atoms with Gasteiger partial charge in [-0.05, 0) is 35.9 Å². The molecule has 9 heteroatoms. The molecule has 0 saturated carbocycles. The van der Waals surface area contributed by atoms with Gasteiger partial charge in [0.15, 0.2) is 0 Å². The lowest BCUT2D eigenvalue weighted by atomic mass is 10.1. The fourth-order valence-corrected chi connectivity index (χ4v) is 6.00. The van der Waals surface area contributed by atoms with E-state index in [4.69, 9.17) is 9.97 Å². The maximum absolute atomic E-state index is 4.90. The van der Waals surface area contributed by atoms with Crippen molar-refractivity contribution in [3.05, 3.63) is 75.8 Å². The van der Waals surface area contributed by atoms with E-state index in [-0.39, 0.29) is 0 Å². The Morgan fingerprint density at radius 2 is 1.94 bits per heavy atom. The third kappa shape index (κ3) is 3.91. The minimum Gasteiger partial charge on any atom is -0.350 e. The molecule has 0 radical (unpaired) electrons. The number of anilines is 2. The number of hydrogen-bond acceptors (Lipinski definition) is 9. The van der Waals surface area contributed by atoms with Gasteiger partial charge in [-0.2, -0.15) is 4.98 Å². The third-order valence-corrected chi connectivity index (χ3v) is 8.16. The van der Waals surface area contributed by atoms with E-state index in [0.29, 0.717) is 12.5 Å². The van der Waals surface area contributed by atoms with Crippen LogP contribution in [0.15, 0.2) is 48.2 Å². The summed E-state index contributed by atoms with van der Waals surface area (Å²) >= 11 is 3.42. The normalized spacial score (nSPS) is 12.9. The molecule has 5 heterocycles. The maximum atomic E-state index is 4.90. The molecule has 1 aliphatic rings. The van der Waals surface area contributed by atoms with Crippen LogP contribution < -0.4 is 10.2 Å².